The lowest BCUT2D eigenvalue weighted by Crippen LogP contribution is -2.08. The number of nitrogens with zero attached hydrogens (tertiary/aromatic N) is 2. The molecule has 5 heteroatoms. The third-order valence-corrected chi connectivity index (χ3v) is 3.07. The highest BCUT2D eigenvalue weighted by Crippen LogP contribution is 2.24. The molecule has 0 atom stereocenters. The number of benzene rings is 1. The molecule has 0 N–H and O–H groups in total. The predicted octanol–water partition coefficient (Wildman–Crippen LogP) is 3.39. The number of hydrogen-bond acceptors (Lipinski definition) is 4. The van der Waals surface area contributed by atoms with Gasteiger partial charge in [-0.3, -0.25) is 0 Å². The number of esters is 1. The first kappa shape index (κ1) is 13.7. The first-order valence-corrected chi connectivity index (χ1v) is 6.68. The van der Waals surface area contributed by atoms with Crippen LogP contribution in [-0.4, -0.2) is 22.5 Å². The minimum atomic E-state index is -0.432. The smallest absolute Gasteiger partial charge is 0.357 e. The van der Waals surface area contributed by atoms with Crippen molar-refractivity contribution in [3.8, 4) is 11.4 Å². The maximum atomic E-state index is 11.7. The standard InChI is InChI=1S/C14H13BrN2O2/c1-3-19-14(18)12-6-7-16-13(17-12)11-8-10(15)5-4-9(11)2/h4-8H,3H2,1-2H3. The molecule has 0 aliphatic carbocycles. The van der Waals surface area contributed by atoms with Gasteiger partial charge in [0.15, 0.2) is 11.5 Å². The highest BCUT2D eigenvalue weighted by atomic mass is 79.9. The first-order chi connectivity index (χ1) is 9.11. The van der Waals surface area contributed by atoms with Crippen LogP contribution >= 0.6 is 15.9 Å². The zero-order valence-corrected chi connectivity index (χ0v) is 12.3. The summed E-state index contributed by atoms with van der Waals surface area (Å²) >= 11 is 3.42. The normalized spacial score (nSPS) is 10.3. The van der Waals surface area contributed by atoms with Crippen LogP contribution < -0.4 is 0 Å². The molecule has 0 amide bonds. The van der Waals surface area contributed by atoms with Crippen LogP contribution in [0.4, 0.5) is 0 Å². The van der Waals surface area contributed by atoms with E-state index in [0.717, 1.165) is 15.6 Å². The Morgan fingerprint density at radius 1 is 1.37 bits per heavy atom. The minimum Gasteiger partial charge on any atom is -0.461 e. The van der Waals surface area contributed by atoms with E-state index in [2.05, 4.69) is 25.9 Å². The molecule has 0 aliphatic rings. The highest BCUT2D eigenvalue weighted by Gasteiger charge is 2.12. The van der Waals surface area contributed by atoms with Crippen molar-refractivity contribution in [1.82, 2.24) is 9.97 Å². The number of aromatic nitrogens is 2. The van der Waals surface area contributed by atoms with Crippen molar-refractivity contribution in [3.63, 3.8) is 0 Å². The van der Waals surface area contributed by atoms with Crippen molar-refractivity contribution >= 4 is 21.9 Å². The largest absolute Gasteiger partial charge is 0.461 e. The van der Waals surface area contributed by atoms with Gasteiger partial charge in [-0.15, -0.1) is 0 Å². The van der Waals surface area contributed by atoms with Gasteiger partial charge in [-0.05, 0) is 37.6 Å². The van der Waals surface area contributed by atoms with E-state index < -0.39 is 5.97 Å². The molecule has 19 heavy (non-hydrogen) atoms. The van der Waals surface area contributed by atoms with Crippen molar-refractivity contribution < 1.29 is 9.53 Å². The fourth-order valence-corrected chi connectivity index (χ4v) is 2.00. The second kappa shape index (κ2) is 5.93. The maximum absolute atomic E-state index is 11.7. The SMILES string of the molecule is CCOC(=O)c1ccnc(-c2cc(Br)ccc2C)n1. The summed E-state index contributed by atoms with van der Waals surface area (Å²) in [5.74, 6) is 0.0863. The molecule has 0 spiro atoms. The Bertz CT molecular complexity index is 614. The summed E-state index contributed by atoms with van der Waals surface area (Å²) in [5.41, 5.74) is 2.20. The van der Waals surface area contributed by atoms with Crippen LogP contribution in [0.2, 0.25) is 0 Å². The van der Waals surface area contributed by atoms with Crippen LogP contribution in [0.3, 0.4) is 0 Å². The second-order valence-electron chi connectivity index (χ2n) is 3.95. The minimum absolute atomic E-state index is 0.270. The fourth-order valence-electron chi connectivity index (χ4n) is 1.64. The third-order valence-electron chi connectivity index (χ3n) is 2.58. The molecule has 2 rings (SSSR count). The molecule has 98 valence electrons. The van der Waals surface area contributed by atoms with Crippen LogP contribution in [0.15, 0.2) is 34.9 Å². The molecular formula is C14H13BrN2O2. The lowest BCUT2D eigenvalue weighted by molar-refractivity contribution is 0.0519. The quantitative estimate of drug-likeness (QED) is 0.813. The zero-order chi connectivity index (χ0) is 13.8. The molecular weight excluding hydrogens is 308 g/mol. The van der Waals surface area contributed by atoms with E-state index >= 15 is 0 Å². The number of halogens is 1. The van der Waals surface area contributed by atoms with Gasteiger partial charge in [-0.1, -0.05) is 22.0 Å². The third kappa shape index (κ3) is 3.17. The van der Waals surface area contributed by atoms with E-state index in [1.807, 2.05) is 25.1 Å². The molecule has 1 aromatic heterocycles. The lowest BCUT2D eigenvalue weighted by Gasteiger charge is -2.06. The van der Waals surface area contributed by atoms with Crippen molar-refractivity contribution in [2.75, 3.05) is 6.61 Å². The first-order valence-electron chi connectivity index (χ1n) is 5.88. The molecule has 2 aromatic rings. The number of carbonyl (C=O) groups is 1. The summed E-state index contributed by atoms with van der Waals surface area (Å²) in [5, 5.41) is 0. The van der Waals surface area contributed by atoms with Gasteiger partial charge in [0.05, 0.1) is 6.61 Å². The zero-order valence-electron chi connectivity index (χ0n) is 10.7. The summed E-state index contributed by atoms with van der Waals surface area (Å²) in [6, 6.07) is 7.41. The van der Waals surface area contributed by atoms with Gasteiger partial charge in [0.25, 0.3) is 0 Å². The summed E-state index contributed by atoms with van der Waals surface area (Å²) < 4.78 is 5.88. The molecule has 0 bridgehead atoms. The number of ether oxygens (including phenoxy) is 1. The molecule has 0 saturated carbocycles. The van der Waals surface area contributed by atoms with E-state index in [-0.39, 0.29) is 5.69 Å². The Kier molecular flexibility index (Phi) is 4.27. The van der Waals surface area contributed by atoms with Crippen LogP contribution in [0, 0.1) is 6.92 Å². The van der Waals surface area contributed by atoms with Crippen molar-refractivity contribution in [1.29, 1.82) is 0 Å². The van der Waals surface area contributed by atoms with E-state index in [4.69, 9.17) is 4.74 Å². The summed E-state index contributed by atoms with van der Waals surface area (Å²) in [6.45, 7) is 4.06. The van der Waals surface area contributed by atoms with Crippen LogP contribution in [0.25, 0.3) is 11.4 Å². The maximum Gasteiger partial charge on any atom is 0.357 e. The number of hydrogen-bond donors (Lipinski definition) is 0. The van der Waals surface area contributed by atoms with Crippen molar-refractivity contribution in [2.24, 2.45) is 0 Å². The van der Waals surface area contributed by atoms with Gasteiger partial charge in [0.1, 0.15) is 0 Å². The van der Waals surface area contributed by atoms with Gasteiger partial charge in [-0.25, -0.2) is 14.8 Å². The summed E-state index contributed by atoms with van der Waals surface area (Å²) in [7, 11) is 0. The average Bonchev–Trinajstić information content (AvgIpc) is 2.42. The molecule has 0 radical (unpaired) electrons. The molecule has 1 aromatic carbocycles. The Morgan fingerprint density at radius 2 is 2.16 bits per heavy atom. The Hall–Kier alpha value is -1.75. The predicted molar refractivity (Wildman–Crippen MR) is 75.9 cm³/mol. The number of carbonyl (C=O) groups excluding carboxylic acids is 1. The highest BCUT2D eigenvalue weighted by molar-refractivity contribution is 9.10. The van der Waals surface area contributed by atoms with E-state index in [9.17, 15) is 4.79 Å². The summed E-state index contributed by atoms with van der Waals surface area (Å²) in [4.78, 5) is 20.1. The van der Waals surface area contributed by atoms with Crippen LogP contribution in [0.5, 0.6) is 0 Å². The molecule has 1 heterocycles. The monoisotopic (exact) mass is 320 g/mol. The molecule has 4 nitrogen and oxygen atoms in total. The van der Waals surface area contributed by atoms with E-state index in [1.54, 1.807) is 19.2 Å². The van der Waals surface area contributed by atoms with E-state index in [1.165, 1.54) is 0 Å². The summed E-state index contributed by atoms with van der Waals surface area (Å²) in [6.07, 6.45) is 1.56. The average molecular weight is 321 g/mol. The van der Waals surface area contributed by atoms with Crippen LogP contribution in [0.1, 0.15) is 23.0 Å². The van der Waals surface area contributed by atoms with Gasteiger partial charge in [0, 0.05) is 16.2 Å². The van der Waals surface area contributed by atoms with E-state index in [0.29, 0.717) is 12.4 Å². The fraction of sp³-hybridized carbons (Fsp3) is 0.214. The molecule has 0 saturated heterocycles. The molecule has 0 aliphatic heterocycles. The van der Waals surface area contributed by atoms with Gasteiger partial charge in [-0.2, -0.15) is 0 Å². The number of rotatable bonds is 3. The second-order valence-corrected chi connectivity index (χ2v) is 4.86. The number of aryl methyl sites for hydroxylation is 1. The van der Waals surface area contributed by atoms with Gasteiger partial charge >= 0.3 is 5.97 Å². The van der Waals surface area contributed by atoms with Gasteiger partial charge < -0.3 is 4.74 Å². The Labute approximate surface area is 120 Å². The lowest BCUT2D eigenvalue weighted by atomic mass is 10.1. The molecule has 0 unspecified atom stereocenters. The van der Waals surface area contributed by atoms with Crippen LogP contribution in [-0.2, 0) is 4.74 Å². The topological polar surface area (TPSA) is 52.1 Å². The Balaban J connectivity index is 2.43. The van der Waals surface area contributed by atoms with Crippen molar-refractivity contribution in [3.05, 3.63) is 46.2 Å². The van der Waals surface area contributed by atoms with Gasteiger partial charge in [0.2, 0.25) is 0 Å². The van der Waals surface area contributed by atoms with Crippen molar-refractivity contribution in [2.45, 2.75) is 13.8 Å². The Morgan fingerprint density at radius 3 is 2.89 bits per heavy atom. The molecule has 0 fully saturated rings.